The van der Waals surface area contributed by atoms with Crippen molar-refractivity contribution in [3.05, 3.63) is 51.3 Å². The summed E-state index contributed by atoms with van der Waals surface area (Å²) in [5.41, 5.74) is 0.623. The molecule has 0 amide bonds. The van der Waals surface area contributed by atoms with Crippen LogP contribution in [0.15, 0.2) is 40.1 Å². The lowest BCUT2D eigenvalue weighted by Gasteiger charge is -2.03. The molecule has 0 saturated carbocycles. The molecule has 7 heteroatoms. The number of benzene rings is 1. The van der Waals surface area contributed by atoms with Crippen LogP contribution in [0.4, 0.5) is 0 Å². The molecule has 108 valence electrons. The molecule has 0 radical (unpaired) electrons. The van der Waals surface area contributed by atoms with E-state index in [0.717, 1.165) is 15.6 Å². The van der Waals surface area contributed by atoms with E-state index in [4.69, 9.17) is 5.11 Å². The van der Waals surface area contributed by atoms with Crippen LogP contribution in [-0.4, -0.2) is 31.0 Å². The molecule has 7 nitrogen and oxygen atoms in total. The third-order valence-electron chi connectivity index (χ3n) is 3.35. The quantitative estimate of drug-likeness (QED) is 0.713. The van der Waals surface area contributed by atoms with Gasteiger partial charge in [-0.25, -0.2) is 9.48 Å². The number of hydrogen-bond donors (Lipinski definition) is 2. The smallest absolute Gasteiger partial charge is 0.344 e. The van der Waals surface area contributed by atoms with Gasteiger partial charge in [0.2, 0.25) is 0 Å². The average Bonchev–Trinajstić information content (AvgIpc) is 2.80. The summed E-state index contributed by atoms with van der Waals surface area (Å²) in [6, 6.07) is 7.63. The summed E-state index contributed by atoms with van der Waals surface area (Å²) in [7, 11) is 1.88. The number of aromatic amines is 1. The van der Waals surface area contributed by atoms with Gasteiger partial charge >= 0.3 is 5.69 Å². The first kappa shape index (κ1) is 13.3. The van der Waals surface area contributed by atoms with Crippen molar-refractivity contribution in [1.29, 1.82) is 0 Å². The Morgan fingerprint density at radius 2 is 2.05 bits per heavy atom. The maximum Gasteiger partial charge on any atom is 0.344 e. The number of hydrogen-bond acceptors (Lipinski definition) is 4. The highest BCUT2D eigenvalue weighted by molar-refractivity contribution is 5.94. The van der Waals surface area contributed by atoms with E-state index < -0.39 is 11.2 Å². The zero-order valence-corrected chi connectivity index (χ0v) is 11.4. The molecule has 0 saturated heterocycles. The highest BCUT2D eigenvalue weighted by Crippen LogP contribution is 2.26. The Morgan fingerprint density at radius 1 is 1.29 bits per heavy atom. The van der Waals surface area contributed by atoms with Crippen LogP contribution in [0.5, 0.6) is 0 Å². The van der Waals surface area contributed by atoms with Crippen LogP contribution in [0.1, 0.15) is 0 Å². The second kappa shape index (κ2) is 5.02. The van der Waals surface area contributed by atoms with Gasteiger partial charge in [-0.3, -0.25) is 9.78 Å². The Labute approximate surface area is 119 Å². The zero-order chi connectivity index (χ0) is 15.0. The molecule has 3 rings (SSSR count). The van der Waals surface area contributed by atoms with Crippen LogP contribution >= 0.6 is 0 Å². The van der Waals surface area contributed by atoms with Gasteiger partial charge < -0.3 is 9.67 Å². The molecular weight excluding hydrogens is 272 g/mol. The van der Waals surface area contributed by atoms with Crippen molar-refractivity contribution in [2.45, 2.75) is 6.54 Å². The Hall–Kier alpha value is -2.67. The van der Waals surface area contributed by atoms with Crippen LogP contribution in [-0.2, 0) is 13.6 Å². The monoisotopic (exact) mass is 286 g/mol. The van der Waals surface area contributed by atoms with E-state index in [1.807, 2.05) is 35.9 Å². The van der Waals surface area contributed by atoms with E-state index in [1.54, 1.807) is 6.20 Å². The fourth-order valence-corrected chi connectivity index (χ4v) is 2.39. The predicted molar refractivity (Wildman–Crippen MR) is 78.1 cm³/mol. The van der Waals surface area contributed by atoms with Crippen LogP contribution in [0.2, 0.25) is 0 Å². The van der Waals surface area contributed by atoms with Crippen LogP contribution < -0.4 is 11.2 Å². The number of aliphatic hydroxyl groups excluding tert-OH is 1. The maximum atomic E-state index is 12.0. The molecule has 0 bridgehead atoms. The minimum Gasteiger partial charge on any atom is -0.394 e. The topological polar surface area (TPSA) is 92.9 Å². The van der Waals surface area contributed by atoms with Crippen molar-refractivity contribution < 1.29 is 5.11 Å². The molecule has 0 aliphatic carbocycles. The summed E-state index contributed by atoms with van der Waals surface area (Å²) < 4.78 is 2.95. The SMILES string of the molecule is Cn1cc(-c2nn(CCO)c(=O)[nH]c2=O)c2ccccc21. The van der Waals surface area contributed by atoms with Crippen LogP contribution in [0.3, 0.4) is 0 Å². The molecular formula is C14H14N4O3. The van der Waals surface area contributed by atoms with Crippen molar-refractivity contribution in [2.24, 2.45) is 7.05 Å². The predicted octanol–water partition coefficient (Wildman–Crippen LogP) is 0.0826. The van der Waals surface area contributed by atoms with Crippen molar-refractivity contribution in [3.63, 3.8) is 0 Å². The zero-order valence-electron chi connectivity index (χ0n) is 11.4. The van der Waals surface area contributed by atoms with Gasteiger partial charge in [0, 0.05) is 29.7 Å². The number of rotatable bonds is 3. The number of aromatic nitrogens is 4. The summed E-state index contributed by atoms with van der Waals surface area (Å²) in [6.45, 7) is -0.193. The van der Waals surface area contributed by atoms with Crippen molar-refractivity contribution in [1.82, 2.24) is 19.3 Å². The molecule has 0 spiro atoms. The largest absolute Gasteiger partial charge is 0.394 e. The van der Waals surface area contributed by atoms with Gasteiger partial charge in [-0.2, -0.15) is 5.10 Å². The first-order chi connectivity index (χ1) is 10.1. The number of fused-ring (bicyclic) bond motifs is 1. The minimum atomic E-state index is -0.627. The molecule has 1 aromatic carbocycles. The van der Waals surface area contributed by atoms with Gasteiger partial charge in [-0.1, -0.05) is 18.2 Å². The molecule has 2 N–H and O–H groups in total. The van der Waals surface area contributed by atoms with E-state index in [-0.39, 0.29) is 18.8 Å². The average molecular weight is 286 g/mol. The maximum absolute atomic E-state index is 12.0. The van der Waals surface area contributed by atoms with Crippen molar-refractivity contribution in [2.75, 3.05) is 6.61 Å². The number of H-pyrrole nitrogens is 1. The molecule has 0 aliphatic rings. The van der Waals surface area contributed by atoms with E-state index in [0.29, 0.717) is 5.56 Å². The minimum absolute atomic E-state index is 0.0351. The highest BCUT2D eigenvalue weighted by Gasteiger charge is 2.14. The molecule has 2 aromatic heterocycles. The summed E-state index contributed by atoms with van der Waals surface area (Å²) in [5, 5.41) is 13.9. The number of para-hydroxylation sites is 1. The summed E-state index contributed by atoms with van der Waals surface area (Å²) in [5.74, 6) is 0. The standard InChI is InChI=1S/C14H14N4O3/c1-17-8-10(9-4-2-3-5-11(9)17)12-13(20)15-14(21)18(16-12)6-7-19/h2-5,8,19H,6-7H2,1H3,(H,15,20,21). The molecule has 2 heterocycles. The summed E-state index contributed by atoms with van der Waals surface area (Å²) in [6.07, 6.45) is 1.80. The Bertz CT molecular complexity index is 920. The highest BCUT2D eigenvalue weighted by atomic mass is 16.3. The van der Waals surface area contributed by atoms with E-state index in [9.17, 15) is 9.59 Å². The van der Waals surface area contributed by atoms with E-state index in [2.05, 4.69) is 10.1 Å². The van der Waals surface area contributed by atoms with Gasteiger partial charge in [-0.05, 0) is 6.07 Å². The van der Waals surface area contributed by atoms with E-state index in [1.165, 1.54) is 0 Å². The number of nitrogens with one attached hydrogen (secondary N) is 1. The molecule has 0 aliphatic heterocycles. The number of aryl methyl sites for hydroxylation is 1. The van der Waals surface area contributed by atoms with Gasteiger partial charge in [-0.15, -0.1) is 0 Å². The van der Waals surface area contributed by atoms with Crippen LogP contribution in [0, 0.1) is 0 Å². The van der Waals surface area contributed by atoms with Gasteiger partial charge in [0.05, 0.1) is 13.2 Å². The Kier molecular flexibility index (Phi) is 3.19. The first-order valence-electron chi connectivity index (χ1n) is 6.48. The van der Waals surface area contributed by atoms with Gasteiger partial charge in [0.25, 0.3) is 5.56 Å². The normalized spacial score (nSPS) is 11.1. The lowest BCUT2D eigenvalue weighted by molar-refractivity contribution is 0.265. The second-order valence-electron chi connectivity index (χ2n) is 4.73. The summed E-state index contributed by atoms with van der Waals surface area (Å²) >= 11 is 0. The molecule has 0 atom stereocenters. The molecule has 21 heavy (non-hydrogen) atoms. The third-order valence-corrected chi connectivity index (χ3v) is 3.35. The van der Waals surface area contributed by atoms with Gasteiger partial charge in [0.1, 0.15) is 0 Å². The molecule has 0 fully saturated rings. The van der Waals surface area contributed by atoms with Crippen LogP contribution in [0.25, 0.3) is 22.2 Å². The number of aliphatic hydroxyl groups is 1. The number of nitrogens with zero attached hydrogens (tertiary/aromatic N) is 3. The van der Waals surface area contributed by atoms with Crippen molar-refractivity contribution in [3.8, 4) is 11.3 Å². The molecule has 3 aromatic rings. The van der Waals surface area contributed by atoms with Gasteiger partial charge in [0.15, 0.2) is 5.69 Å². The van der Waals surface area contributed by atoms with E-state index >= 15 is 0 Å². The molecule has 0 unspecified atom stereocenters. The summed E-state index contributed by atoms with van der Waals surface area (Å²) in [4.78, 5) is 25.9. The second-order valence-corrected chi connectivity index (χ2v) is 4.73. The Balaban J connectivity index is 2.30. The fourth-order valence-electron chi connectivity index (χ4n) is 2.39. The Morgan fingerprint density at radius 3 is 2.81 bits per heavy atom. The third kappa shape index (κ3) is 2.17. The lowest BCUT2D eigenvalue weighted by Crippen LogP contribution is -2.34. The van der Waals surface area contributed by atoms with Crippen molar-refractivity contribution >= 4 is 10.9 Å². The fraction of sp³-hybridized carbons (Fsp3) is 0.214. The lowest BCUT2D eigenvalue weighted by atomic mass is 10.1. The first-order valence-corrected chi connectivity index (χ1v) is 6.48.